The Morgan fingerprint density at radius 1 is 1.71 bits per heavy atom. The predicted molar refractivity (Wildman–Crippen MR) is 22.9 cm³/mol. The van der Waals surface area contributed by atoms with Gasteiger partial charge in [-0.15, -0.1) is 0 Å². The molecule has 0 aliphatic rings. The quantitative estimate of drug-likeness (QED) is 0.301. The van der Waals surface area contributed by atoms with Crippen molar-refractivity contribution < 1.29 is 14.9 Å². The smallest absolute Gasteiger partial charge is 0.221 e. The van der Waals surface area contributed by atoms with Gasteiger partial charge >= 0.3 is 0 Å². The van der Waals surface area contributed by atoms with E-state index in [1.165, 1.54) is 6.92 Å². The Morgan fingerprint density at radius 2 is 2.29 bits per heavy atom. The molecule has 0 saturated heterocycles. The number of rotatable bonds is 3. The molecule has 0 amide bonds. The normalized spacial score (nSPS) is 14.1. The summed E-state index contributed by atoms with van der Waals surface area (Å²) in [5, 5.41) is 9.94. The van der Waals surface area contributed by atoms with E-state index in [1.54, 1.807) is 6.92 Å². The lowest BCUT2D eigenvalue weighted by atomic mass is 10.8. The summed E-state index contributed by atoms with van der Waals surface area (Å²) in [6, 6.07) is 0. The Balaban J connectivity index is 2.68. The standard InChI is InChI=1S/C4H9O3/c1-3-6-7-4(2)5/h4H,3H2,1-2H3. The largest absolute Gasteiger partial charge is 0.234 e. The molecule has 1 atom stereocenters. The van der Waals surface area contributed by atoms with Gasteiger partial charge in [0.2, 0.25) is 6.29 Å². The average molecular weight is 105 g/mol. The van der Waals surface area contributed by atoms with Crippen LogP contribution in [0.4, 0.5) is 0 Å². The molecular formula is C4H9O3. The molecule has 1 unspecified atom stereocenters. The summed E-state index contributed by atoms with van der Waals surface area (Å²) in [6.45, 7) is 3.55. The maximum absolute atomic E-state index is 9.94. The molecule has 0 aliphatic heterocycles. The maximum Gasteiger partial charge on any atom is 0.221 e. The Kier molecular flexibility index (Phi) is 3.98. The van der Waals surface area contributed by atoms with E-state index in [9.17, 15) is 5.11 Å². The van der Waals surface area contributed by atoms with Crippen LogP contribution in [0.25, 0.3) is 0 Å². The van der Waals surface area contributed by atoms with E-state index < -0.39 is 6.29 Å². The second kappa shape index (κ2) is 4.05. The van der Waals surface area contributed by atoms with Crippen LogP contribution >= 0.6 is 0 Å². The highest BCUT2D eigenvalue weighted by Crippen LogP contribution is 1.84. The van der Waals surface area contributed by atoms with Crippen LogP contribution in [0.5, 0.6) is 0 Å². The van der Waals surface area contributed by atoms with Crippen LogP contribution < -0.4 is 0 Å². The van der Waals surface area contributed by atoms with E-state index in [2.05, 4.69) is 9.78 Å². The van der Waals surface area contributed by atoms with E-state index >= 15 is 0 Å². The van der Waals surface area contributed by atoms with Crippen LogP contribution in [0, 0.1) is 0 Å². The molecule has 0 aromatic heterocycles. The average Bonchev–Trinajstić information content (AvgIpc) is 1.61. The molecule has 3 heteroatoms. The zero-order chi connectivity index (χ0) is 5.70. The van der Waals surface area contributed by atoms with Gasteiger partial charge in [0.25, 0.3) is 0 Å². The summed E-state index contributed by atoms with van der Waals surface area (Å²) in [5.74, 6) is 0. The lowest BCUT2D eigenvalue weighted by molar-refractivity contribution is -0.374. The molecule has 0 fully saturated rings. The van der Waals surface area contributed by atoms with Crippen molar-refractivity contribution >= 4 is 0 Å². The van der Waals surface area contributed by atoms with Gasteiger partial charge in [0.1, 0.15) is 0 Å². The molecule has 0 N–H and O–H groups in total. The first-order valence-corrected chi connectivity index (χ1v) is 2.21. The summed E-state index contributed by atoms with van der Waals surface area (Å²) in [4.78, 5) is 8.42. The minimum Gasteiger partial charge on any atom is -0.234 e. The van der Waals surface area contributed by atoms with Gasteiger partial charge in [-0.1, -0.05) is 0 Å². The molecule has 43 valence electrons. The highest BCUT2D eigenvalue weighted by Gasteiger charge is 1.92. The van der Waals surface area contributed by atoms with Crippen molar-refractivity contribution in [1.29, 1.82) is 0 Å². The van der Waals surface area contributed by atoms with Gasteiger partial charge in [-0.2, -0.15) is 5.11 Å². The monoisotopic (exact) mass is 105 g/mol. The van der Waals surface area contributed by atoms with Crippen LogP contribution in [-0.4, -0.2) is 12.9 Å². The van der Waals surface area contributed by atoms with Crippen molar-refractivity contribution in [1.82, 2.24) is 0 Å². The molecule has 0 aromatic carbocycles. The Hall–Kier alpha value is -0.120. The topological polar surface area (TPSA) is 38.4 Å². The Morgan fingerprint density at radius 3 is 2.43 bits per heavy atom. The summed E-state index contributed by atoms with van der Waals surface area (Å²) in [7, 11) is 0. The van der Waals surface area contributed by atoms with Gasteiger partial charge < -0.3 is 0 Å². The van der Waals surface area contributed by atoms with Gasteiger partial charge in [0.15, 0.2) is 0 Å². The van der Waals surface area contributed by atoms with Crippen LogP contribution in [0.3, 0.4) is 0 Å². The van der Waals surface area contributed by atoms with Crippen molar-refractivity contribution in [2.75, 3.05) is 6.61 Å². The maximum atomic E-state index is 9.94. The highest BCUT2D eigenvalue weighted by molar-refractivity contribution is 4.09. The summed E-state index contributed by atoms with van der Waals surface area (Å²) in [6.07, 6.45) is -1.07. The van der Waals surface area contributed by atoms with Gasteiger partial charge in [0, 0.05) is 0 Å². The van der Waals surface area contributed by atoms with E-state index in [4.69, 9.17) is 0 Å². The first-order valence-electron chi connectivity index (χ1n) is 2.21. The van der Waals surface area contributed by atoms with Crippen molar-refractivity contribution in [3.8, 4) is 0 Å². The molecule has 0 heterocycles. The van der Waals surface area contributed by atoms with Gasteiger partial charge in [0.05, 0.1) is 6.61 Å². The van der Waals surface area contributed by atoms with Gasteiger partial charge in [-0.25, -0.2) is 9.78 Å². The zero-order valence-electron chi connectivity index (χ0n) is 4.51. The fourth-order valence-electron chi connectivity index (χ4n) is 0.164. The van der Waals surface area contributed by atoms with E-state index in [1.807, 2.05) is 0 Å². The fourth-order valence-corrected chi connectivity index (χ4v) is 0.164. The van der Waals surface area contributed by atoms with E-state index in [0.29, 0.717) is 6.61 Å². The van der Waals surface area contributed by atoms with Gasteiger partial charge in [-0.3, -0.25) is 0 Å². The molecule has 3 nitrogen and oxygen atoms in total. The van der Waals surface area contributed by atoms with E-state index in [0.717, 1.165) is 0 Å². The molecule has 0 spiro atoms. The molecule has 1 radical (unpaired) electrons. The summed E-state index contributed by atoms with van der Waals surface area (Å²) >= 11 is 0. The summed E-state index contributed by atoms with van der Waals surface area (Å²) < 4.78 is 0. The lowest BCUT2D eigenvalue weighted by Gasteiger charge is -1.98. The molecular weight excluding hydrogens is 96.0 g/mol. The molecule has 0 aromatic rings. The van der Waals surface area contributed by atoms with Crippen LogP contribution in [0.15, 0.2) is 0 Å². The second-order valence-corrected chi connectivity index (χ2v) is 1.07. The van der Waals surface area contributed by atoms with Crippen molar-refractivity contribution in [3.05, 3.63) is 0 Å². The first kappa shape index (κ1) is 6.88. The minimum atomic E-state index is -1.07. The molecule has 0 bridgehead atoms. The number of hydrogen-bond acceptors (Lipinski definition) is 2. The third-order valence-electron chi connectivity index (χ3n) is 0.321. The Labute approximate surface area is 42.8 Å². The third-order valence-corrected chi connectivity index (χ3v) is 0.321. The van der Waals surface area contributed by atoms with Crippen molar-refractivity contribution in [2.24, 2.45) is 0 Å². The molecule has 0 rings (SSSR count). The second-order valence-electron chi connectivity index (χ2n) is 1.07. The number of hydrogen-bond donors (Lipinski definition) is 0. The van der Waals surface area contributed by atoms with Crippen molar-refractivity contribution in [2.45, 2.75) is 20.1 Å². The molecule has 7 heavy (non-hydrogen) atoms. The zero-order valence-corrected chi connectivity index (χ0v) is 4.51. The fraction of sp³-hybridized carbons (Fsp3) is 1.00. The highest BCUT2D eigenvalue weighted by atomic mass is 17.2. The van der Waals surface area contributed by atoms with Gasteiger partial charge in [-0.05, 0) is 13.8 Å². The molecule has 0 saturated carbocycles. The Bertz CT molecular complexity index is 35.9. The third kappa shape index (κ3) is 5.88. The predicted octanol–water partition coefficient (Wildman–Crippen LogP) is 0.731. The van der Waals surface area contributed by atoms with Crippen molar-refractivity contribution in [3.63, 3.8) is 0 Å². The van der Waals surface area contributed by atoms with Crippen LogP contribution in [-0.2, 0) is 14.9 Å². The van der Waals surface area contributed by atoms with Crippen LogP contribution in [0.1, 0.15) is 13.8 Å². The van der Waals surface area contributed by atoms with Crippen LogP contribution in [0.2, 0.25) is 0 Å². The SMILES string of the molecule is CCOOC(C)[O]. The van der Waals surface area contributed by atoms with E-state index in [-0.39, 0.29) is 0 Å². The first-order chi connectivity index (χ1) is 3.27. The summed E-state index contributed by atoms with van der Waals surface area (Å²) in [5.41, 5.74) is 0. The molecule has 0 aliphatic carbocycles. The lowest BCUT2D eigenvalue weighted by Crippen LogP contribution is -2.04. The minimum absolute atomic E-state index is 0.423.